The van der Waals surface area contributed by atoms with E-state index in [1.165, 1.54) is 11.4 Å². The maximum absolute atomic E-state index is 13.1. The van der Waals surface area contributed by atoms with E-state index in [1.807, 2.05) is 39.0 Å². The lowest BCUT2D eigenvalue weighted by Crippen LogP contribution is -2.45. The Balaban J connectivity index is 1.74. The Bertz CT molecular complexity index is 1100. The molecule has 0 bridgehead atoms. The fourth-order valence-electron chi connectivity index (χ4n) is 3.76. The van der Waals surface area contributed by atoms with Crippen molar-refractivity contribution in [1.82, 2.24) is 5.32 Å². The molecule has 0 saturated heterocycles. The van der Waals surface area contributed by atoms with Gasteiger partial charge in [0.15, 0.2) is 6.10 Å². The lowest BCUT2D eigenvalue weighted by Gasteiger charge is -2.38. The fourth-order valence-corrected chi connectivity index (χ4v) is 4.27. The van der Waals surface area contributed by atoms with Crippen LogP contribution < -0.4 is 23.8 Å². The summed E-state index contributed by atoms with van der Waals surface area (Å²) < 4.78 is 41.9. The molecule has 1 aliphatic heterocycles. The molecule has 0 fully saturated rings. The van der Waals surface area contributed by atoms with Crippen LogP contribution in [0.3, 0.4) is 0 Å². The Kier molecular flexibility index (Phi) is 7.11. The van der Waals surface area contributed by atoms with Crippen LogP contribution in [0.15, 0.2) is 42.5 Å². The molecule has 0 saturated carbocycles. The summed E-state index contributed by atoms with van der Waals surface area (Å²) in [6, 6.07) is 12.0. The Hall–Kier alpha value is -2.94. The largest absolute Gasteiger partial charge is 0.497 e. The van der Waals surface area contributed by atoms with Crippen LogP contribution in [0.5, 0.6) is 17.2 Å². The Morgan fingerprint density at radius 1 is 1.21 bits per heavy atom. The van der Waals surface area contributed by atoms with Crippen LogP contribution >= 0.6 is 0 Å². The number of rotatable bonds is 8. The Morgan fingerprint density at radius 2 is 1.85 bits per heavy atom. The van der Waals surface area contributed by atoms with Crippen LogP contribution in [0, 0.1) is 0 Å². The van der Waals surface area contributed by atoms with Gasteiger partial charge in [0.25, 0.3) is 5.91 Å². The molecular formula is C24H32N2O6S. The second-order valence-corrected chi connectivity index (χ2v) is 10.8. The van der Waals surface area contributed by atoms with Crippen molar-refractivity contribution >= 4 is 21.6 Å². The maximum atomic E-state index is 13.1. The van der Waals surface area contributed by atoms with Crippen LogP contribution in [0.2, 0.25) is 0 Å². The lowest BCUT2D eigenvalue weighted by atomic mass is 9.89. The zero-order chi connectivity index (χ0) is 24.4. The second-order valence-electron chi connectivity index (χ2n) is 8.77. The molecule has 2 aromatic carbocycles. The first-order chi connectivity index (χ1) is 15.4. The molecule has 0 aromatic heterocycles. The van der Waals surface area contributed by atoms with Gasteiger partial charge in [0.2, 0.25) is 10.0 Å². The van der Waals surface area contributed by atoms with E-state index >= 15 is 0 Å². The number of hydrogen-bond acceptors (Lipinski definition) is 6. The molecule has 0 unspecified atom stereocenters. The molecule has 0 spiro atoms. The highest BCUT2D eigenvalue weighted by Crippen LogP contribution is 2.41. The number of nitrogens with one attached hydrogen (secondary N) is 1. The minimum atomic E-state index is -3.35. The van der Waals surface area contributed by atoms with Gasteiger partial charge in [0.05, 0.1) is 25.1 Å². The molecular weight excluding hydrogens is 444 g/mol. The molecule has 0 radical (unpaired) electrons. The second kappa shape index (κ2) is 9.51. The van der Waals surface area contributed by atoms with Crippen LogP contribution in [0.1, 0.15) is 45.2 Å². The molecule has 1 aliphatic rings. The lowest BCUT2D eigenvalue weighted by molar-refractivity contribution is -0.129. The van der Waals surface area contributed by atoms with Gasteiger partial charge in [0, 0.05) is 25.1 Å². The summed E-state index contributed by atoms with van der Waals surface area (Å²) in [6.45, 7) is 5.84. The van der Waals surface area contributed by atoms with Crippen molar-refractivity contribution in [2.75, 3.05) is 24.7 Å². The Morgan fingerprint density at radius 3 is 2.42 bits per heavy atom. The highest BCUT2D eigenvalue weighted by molar-refractivity contribution is 7.92. The summed E-state index contributed by atoms with van der Waals surface area (Å²) in [4.78, 5) is 13.1. The normalized spacial score (nSPS) is 17.8. The zero-order valence-electron chi connectivity index (χ0n) is 19.9. The molecule has 2 aromatic rings. The number of methoxy groups -OCH3 is 1. The summed E-state index contributed by atoms with van der Waals surface area (Å²) in [5.74, 6) is 1.64. The van der Waals surface area contributed by atoms with Gasteiger partial charge in [-0.05, 0) is 56.7 Å². The summed E-state index contributed by atoms with van der Waals surface area (Å²) in [6.07, 6.45) is 1.52. The summed E-state index contributed by atoms with van der Waals surface area (Å²) in [7, 11) is -0.271. The van der Waals surface area contributed by atoms with E-state index in [-0.39, 0.29) is 11.9 Å². The van der Waals surface area contributed by atoms with Gasteiger partial charge in [-0.15, -0.1) is 0 Å². The number of benzene rings is 2. The number of hydrogen-bond donors (Lipinski definition) is 1. The first kappa shape index (κ1) is 24.7. The number of sulfonamides is 1. The van der Waals surface area contributed by atoms with Crippen molar-refractivity contribution in [3.05, 3.63) is 48.0 Å². The number of anilines is 1. The highest BCUT2D eigenvalue weighted by Gasteiger charge is 2.36. The topological polar surface area (TPSA) is 94.2 Å². The van der Waals surface area contributed by atoms with Crippen molar-refractivity contribution in [3.63, 3.8) is 0 Å². The molecule has 2 atom stereocenters. The molecule has 0 aliphatic carbocycles. The highest BCUT2D eigenvalue weighted by atomic mass is 32.2. The number of carbonyl (C=O) groups excluding carboxylic acids is 1. The number of ether oxygens (including phenoxy) is 3. The SMILES string of the molecule is CC[C@@H](Oc1ccc(N(C)S(C)(=O)=O)cc1)C(=O)N[C@@H]1CC(C)(C)Oc2cc(OC)ccc21. The quantitative estimate of drug-likeness (QED) is 0.625. The van der Waals surface area contributed by atoms with Gasteiger partial charge in [0.1, 0.15) is 22.8 Å². The van der Waals surface area contributed by atoms with Crippen LogP contribution in [0.4, 0.5) is 5.69 Å². The third-order valence-electron chi connectivity index (χ3n) is 5.63. The number of nitrogens with zero attached hydrogens (tertiary/aromatic N) is 1. The van der Waals surface area contributed by atoms with E-state index in [4.69, 9.17) is 14.2 Å². The third-order valence-corrected chi connectivity index (χ3v) is 6.84. The predicted octanol–water partition coefficient (Wildman–Crippen LogP) is 3.67. The van der Waals surface area contributed by atoms with Crippen molar-refractivity contribution in [2.24, 2.45) is 0 Å². The van der Waals surface area contributed by atoms with E-state index in [9.17, 15) is 13.2 Å². The minimum absolute atomic E-state index is 0.223. The number of fused-ring (bicyclic) bond motifs is 1. The molecule has 1 heterocycles. The first-order valence-corrected chi connectivity index (χ1v) is 12.7. The smallest absolute Gasteiger partial charge is 0.261 e. The van der Waals surface area contributed by atoms with E-state index in [2.05, 4.69) is 5.32 Å². The summed E-state index contributed by atoms with van der Waals surface area (Å²) in [5, 5.41) is 3.12. The van der Waals surface area contributed by atoms with Crippen molar-refractivity contribution < 1.29 is 27.4 Å². The van der Waals surface area contributed by atoms with Gasteiger partial charge in [-0.25, -0.2) is 8.42 Å². The summed E-state index contributed by atoms with van der Waals surface area (Å²) >= 11 is 0. The zero-order valence-corrected chi connectivity index (χ0v) is 20.7. The molecule has 1 amide bonds. The fraction of sp³-hybridized carbons (Fsp3) is 0.458. The van der Waals surface area contributed by atoms with Gasteiger partial charge >= 0.3 is 0 Å². The monoisotopic (exact) mass is 476 g/mol. The van der Waals surface area contributed by atoms with Gasteiger partial charge < -0.3 is 19.5 Å². The van der Waals surface area contributed by atoms with Gasteiger partial charge in [-0.3, -0.25) is 9.10 Å². The average molecular weight is 477 g/mol. The maximum Gasteiger partial charge on any atom is 0.261 e. The predicted molar refractivity (Wildman–Crippen MR) is 128 cm³/mol. The van der Waals surface area contributed by atoms with Crippen molar-refractivity contribution in [2.45, 2.75) is 51.4 Å². The van der Waals surface area contributed by atoms with Gasteiger partial charge in [-0.1, -0.05) is 6.92 Å². The summed E-state index contributed by atoms with van der Waals surface area (Å²) in [5.41, 5.74) is 0.951. The molecule has 9 heteroatoms. The van der Waals surface area contributed by atoms with Crippen LogP contribution in [-0.2, 0) is 14.8 Å². The van der Waals surface area contributed by atoms with Crippen LogP contribution in [0.25, 0.3) is 0 Å². The van der Waals surface area contributed by atoms with E-state index in [0.29, 0.717) is 35.8 Å². The molecule has 3 rings (SSSR count). The Labute approximate surface area is 195 Å². The number of carbonyl (C=O) groups is 1. The average Bonchev–Trinajstić information content (AvgIpc) is 2.75. The standard InChI is InChI=1S/C24H32N2O6S/c1-7-21(31-17-10-8-16(9-11-17)26(4)33(6,28)29)23(27)25-20-15-24(2,3)32-22-14-18(30-5)12-13-19(20)22/h8-14,20-21H,7,15H2,1-6H3,(H,25,27)/t20-,21-/m1/s1. The molecule has 8 nitrogen and oxygen atoms in total. The molecule has 180 valence electrons. The van der Waals surface area contributed by atoms with E-state index < -0.39 is 21.7 Å². The van der Waals surface area contributed by atoms with E-state index in [1.54, 1.807) is 31.4 Å². The van der Waals surface area contributed by atoms with Crippen molar-refractivity contribution in [3.8, 4) is 17.2 Å². The first-order valence-electron chi connectivity index (χ1n) is 10.8. The third kappa shape index (κ3) is 5.90. The van der Waals surface area contributed by atoms with Gasteiger partial charge in [-0.2, -0.15) is 0 Å². The number of amides is 1. The van der Waals surface area contributed by atoms with Crippen LogP contribution in [-0.4, -0.2) is 46.4 Å². The molecule has 33 heavy (non-hydrogen) atoms. The van der Waals surface area contributed by atoms with Crippen molar-refractivity contribution in [1.29, 1.82) is 0 Å². The molecule has 1 N–H and O–H groups in total. The minimum Gasteiger partial charge on any atom is -0.497 e. The van der Waals surface area contributed by atoms with E-state index in [0.717, 1.165) is 11.8 Å².